The molecule has 0 N–H and O–H groups in total. The molecule has 35 heavy (non-hydrogen) atoms. The Morgan fingerprint density at radius 3 is 2.43 bits per heavy atom. The van der Waals surface area contributed by atoms with Crippen LogP contribution in [0.5, 0.6) is 0 Å². The number of fused-ring (bicyclic) bond motifs is 1. The minimum Gasteiger partial charge on any atom is -0.464 e. The fourth-order valence-corrected chi connectivity index (χ4v) is 5.99. The van der Waals surface area contributed by atoms with Crippen molar-refractivity contribution in [2.24, 2.45) is 0 Å². The zero-order valence-electron chi connectivity index (χ0n) is 19.5. The minimum absolute atomic E-state index is 0.0465. The van der Waals surface area contributed by atoms with Crippen molar-refractivity contribution in [3.8, 4) is 0 Å². The van der Waals surface area contributed by atoms with Crippen LogP contribution in [0.2, 0.25) is 0 Å². The average Bonchev–Trinajstić information content (AvgIpc) is 3.37. The number of esters is 3. The monoisotopic (exact) mass is 504 g/mol. The van der Waals surface area contributed by atoms with Gasteiger partial charge >= 0.3 is 17.9 Å². The molecule has 0 radical (unpaired) electrons. The van der Waals surface area contributed by atoms with E-state index in [0.717, 1.165) is 14.2 Å². The lowest BCUT2D eigenvalue weighted by atomic mass is 9.96. The number of hydrogen-bond donors (Lipinski definition) is 0. The van der Waals surface area contributed by atoms with Crippen molar-refractivity contribution in [3.63, 3.8) is 0 Å². The number of hydrogen-bond acceptors (Lipinski definition) is 11. The number of ether oxygens (including phenoxy) is 4. The van der Waals surface area contributed by atoms with E-state index >= 15 is 0 Å². The van der Waals surface area contributed by atoms with E-state index in [4.69, 9.17) is 14.2 Å². The Morgan fingerprint density at radius 1 is 1.14 bits per heavy atom. The Labute approximate surface area is 204 Å². The quantitative estimate of drug-likeness (QED) is 0.221. The van der Waals surface area contributed by atoms with Crippen molar-refractivity contribution in [2.45, 2.75) is 42.3 Å². The Balaban J connectivity index is 1.66. The third kappa shape index (κ3) is 4.36. The third-order valence-corrected chi connectivity index (χ3v) is 7.45. The van der Waals surface area contributed by atoms with Crippen molar-refractivity contribution >= 4 is 35.6 Å². The number of benzene rings is 1. The highest BCUT2D eigenvalue weighted by Gasteiger charge is 2.61. The smallest absolute Gasteiger partial charge is 0.361 e. The molecule has 186 valence electrons. The Morgan fingerprint density at radius 2 is 1.83 bits per heavy atom. The molecule has 0 bridgehead atoms. The molecule has 4 rings (SSSR count). The van der Waals surface area contributed by atoms with Crippen LogP contribution in [0.1, 0.15) is 46.2 Å². The first kappa shape index (κ1) is 24.7. The van der Waals surface area contributed by atoms with Gasteiger partial charge in [0, 0.05) is 12.7 Å². The second-order valence-electron chi connectivity index (χ2n) is 8.14. The summed E-state index contributed by atoms with van der Waals surface area (Å²) in [5.41, 5.74) is 0.107. The number of carbonyl (C=O) groups is 4. The van der Waals surface area contributed by atoms with Gasteiger partial charge in [-0.25, -0.2) is 19.1 Å². The molecular formula is C22H24N4O8S. The summed E-state index contributed by atoms with van der Waals surface area (Å²) in [6, 6.07) is 7.92. The summed E-state index contributed by atoms with van der Waals surface area (Å²) in [4.78, 5) is 51.9. The highest BCUT2D eigenvalue weighted by atomic mass is 32.2. The number of amides is 1. The van der Waals surface area contributed by atoms with Gasteiger partial charge in [0.1, 0.15) is 6.04 Å². The Bertz CT molecular complexity index is 1160. The summed E-state index contributed by atoms with van der Waals surface area (Å²) in [6.45, 7) is 1.72. The van der Waals surface area contributed by atoms with Gasteiger partial charge in [-0.2, -0.15) is 0 Å². The van der Waals surface area contributed by atoms with E-state index in [-0.39, 0.29) is 35.6 Å². The van der Waals surface area contributed by atoms with Crippen LogP contribution in [0, 0.1) is 0 Å². The molecule has 2 aliphatic heterocycles. The molecular weight excluding hydrogens is 480 g/mol. The average molecular weight is 505 g/mol. The number of nitrogens with zero attached hydrogens (tertiary/aromatic N) is 4. The Kier molecular flexibility index (Phi) is 6.81. The van der Waals surface area contributed by atoms with E-state index in [0.29, 0.717) is 5.56 Å². The van der Waals surface area contributed by atoms with Gasteiger partial charge < -0.3 is 23.8 Å². The lowest BCUT2D eigenvalue weighted by Gasteiger charge is -2.38. The van der Waals surface area contributed by atoms with Gasteiger partial charge in [-0.1, -0.05) is 35.5 Å². The molecule has 1 aromatic carbocycles. The number of β-lactam (4-membered cyclic amide) rings is 1. The first-order valence-electron chi connectivity index (χ1n) is 10.6. The van der Waals surface area contributed by atoms with Gasteiger partial charge in [0.25, 0.3) is 0 Å². The van der Waals surface area contributed by atoms with Gasteiger partial charge in [-0.05, 0) is 6.92 Å². The normalized spacial score (nSPS) is 23.8. The van der Waals surface area contributed by atoms with Crippen molar-refractivity contribution in [1.82, 2.24) is 19.9 Å². The highest BCUT2D eigenvalue weighted by Crippen LogP contribution is 2.52. The molecule has 2 saturated heterocycles. The molecule has 0 spiro atoms. The van der Waals surface area contributed by atoms with Crippen molar-refractivity contribution < 1.29 is 38.1 Å². The molecule has 2 aliphatic rings. The predicted octanol–water partition coefficient (Wildman–Crippen LogP) is 1.17. The van der Waals surface area contributed by atoms with E-state index < -0.39 is 35.0 Å². The van der Waals surface area contributed by atoms with Crippen molar-refractivity contribution in [3.05, 3.63) is 47.3 Å². The lowest BCUT2D eigenvalue weighted by Crippen LogP contribution is -2.58. The van der Waals surface area contributed by atoms with Gasteiger partial charge in [0.15, 0.2) is 5.69 Å². The molecule has 4 atom stereocenters. The molecule has 1 unspecified atom stereocenters. The molecule has 2 fully saturated rings. The number of methoxy groups -OCH3 is 3. The van der Waals surface area contributed by atoms with Crippen LogP contribution in [0.25, 0.3) is 0 Å². The number of aromatic nitrogens is 3. The molecule has 0 saturated carbocycles. The molecule has 0 aliphatic carbocycles. The molecule has 3 heterocycles. The topological polar surface area (TPSA) is 139 Å². The second kappa shape index (κ2) is 9.66. The minimum atomic E-state index is -1.00. The summed E-state index contributed by atoms with van der Waals surface area (Å²) >= 11 is 1.39. The maximum atomic E-state index is 13.4. The lowest BCUT2D eigenvalue weighted by molar-refractivity contribution is -0.186. The van der Waals surface area contributed by atoms with Crippen LogP contribution >= 0.6 is 11.8 Å². The highest BCUT2D eigenvalue weighted by molar-refractivity contribution is 8.01. The van der Waals surface area contributed by atoms with E-state index in [1.807, 2.05) is 6.07 Å². The molecule has 1 amide bonds. The van der Waals surface area contributed by atoms with E-state index in [9.17, 15) is 19.2 Å². The maximum absolute atomic E-state index is 13.4. The van der Waals surface area contributed by atoms with Crippen molar-refractivity contribution in [1.29, 1.82) is 0 Å². The van der Waals surface area contributed by atoms with Crippen LogP contribution in [-0.2, 0) is 35.1 Å². The predicted molar refractivity (Wildman–Crippen MR) is 120 cm³/mol. The van der Waals surface area contributed by atoms with Gasteiger partial charge in [0.05, 0.1) is 37.3 Å². The fraction of sp³-hybridized carbons (Fsp3) is 0.455. The summed E-state index contributed by atoms with van der Waals surface area (Å²) in [5, 5.41) is 7.48. The molecule has 2 aromatic rings. The summed E-state index contributed by atoms with van der Waals surface area (Å²) in [5.74, 6) is -2.56. The van der Waals surface area contributed by atoms with E-state index in [2.05, 4.69) is 15.0 Å². The number of carbonyl (C=O) groups excluding carboxylic acids is 4. The van der Waals surface area contributed by atoms with E-state index in [1.54, 1.807) is 31.2 Å². The molecule has 1 aromatic heterocycles. The zero-order valence-corrected chi connectivity index (χ0v) is 20.3. The zero-order chi connectivity index (χ0) is 25.3. The fourth-order valence-electron chi connectivity index (χ4n) is 4.25. The first-order chi connectivity index (χ1) is 16.7. The van der Waals surface area contributed by atoms with Crippen LogP contribution in [0.3, 0.4) is 0 Å². The second-order valence-corrected chi connectivity index (χ2v) is 9.85. The number of thioether (sulfide) groups is 1. The van der Waals surface area contributed by atoms with Crippen LogP contribution in [0.4, 0.5) is 0 Å². The maximum Gasteiger partial charge on any atom is 0.361 e. The molecule has 13 heteroatoms. The van der Waals surface area contributed by atoms with Crippen LogP contribution in [-0.4, -0.2) is 81.2 Å². The van der Waals surface area contributed by atoms with Gasteiger partial charge in [-0.3, -0.25) is 4.79 Å². The summed E-state index contributed by atoms with van der Waals surface area (Å²) < 4.78 is 20.8. The van der Waals surface area contributed by atoms with Gasteiger partial charge in [0.2, 0.25) is 17.9 Å². The van der Waals surface area contributed by atoms with Crippen LogP contribution < -0.4 is 0 Å². The summed E-state index contributed by atoms with van der Waals surface area (Å²) in [7, 11) is 3.72. The largest absolute Gasteiger partial charge is 0.464 e. The van der Waals surface area contributed by atoms with Crippen molar-refractivity contribution in [2.75, 3.05) is 21.3 Å². The molecule has 12 nitrogen and oxygen atoms in total. The SMILES string of the molecule is COC(=O)c1nnn(C[C@]2(C)S[C@H]3CC(=O)N3[C@H]2C(=O)OC(OC)c2ccccc2)c1C(=O)OC. The standard InChI is InChI=1S/C22H24N4O8S/c1-22(11-25-16(19(29)32-3)15(23-24-25)18(28)31-2)17(26-13(27)10-14(26)35-22)20(30)34-21(33-4)12-8-6-5-7-9-12/h5-9,14,17,21H,10-11H2,1-4H3/t14-,17-,21?,22-/m0/s1. The summed E-state index contributed by atoms with van der Waals surface area (Å²) in [6.07, 6.45) is -0.707. The number of rotatable bonds is 8. The first-order valence-corrected chi connectivity index (χ1v) is 11.5. The Hall–Kier alpha value is -3.45. The van der Waals surface area contributed by atoms with Crippen LogP contribution in [0.15, 0.2) is 30.3 Å². The van der Waals surface area contributed by atoms with Gasteiger partial charge in [-0.15, -0.1) is 16.9 Å². The van der Waals surface area contributed by atoms with E-state index in [1.165, 1.54) is 28.5 Å². The third-order valence-electron chi connectivity index (χ3n) is 5.90.